The Balaban J connectivity index is 4.33. The topological polar surface area (TPSA) is 78.9 Å². The Morgan fingerprint density at radius 1 is 0.312 bits per heavy atom. The zero-order chi connectivity index (χ0) is 46.5. The number of carbonyl (C=O) groups excluding carboxylic acids is 3. The number of hydrogen-bond donors (Lipinski definition) is 0. The molecule has 1 unspecified atom stereocenters. The zero-order valence-corrected chi connectivity index (χ0v) is 42.6. The van der Waals surface area contributed by atoms with Gasteiger partial charge in [-0.3, -0.25) is 14.4 Å². The summed E-state index contributed by atoms with van der Waals surface area (Å²) in [4.78, 5) is 38.0. The standard InChI is InChI=1S/C58H104O6/c1-4-7-10-13-16-19-22-24-26-28-29-30-32-33-36-39-42-45-48-51-57(60)63-54-55(53-62-56(59)50-47-44-41-38-35-21-18-15-12-9-6-3)64-58(61)52-49-46-43-40-37-34-31-27-25-23-20-17-14-11-8-5-2/h15-16,18-19,21-22,24,35,55H,4-14,17,20,23,25-34,36-54H2,1-3H3/b18-15-,19-16-,24-22-,35-21-. The molecule has 0 saturated carbocycles. The highest BCUT2D eigenvalue weighted by atomic mass is 16.6. The van der Waals surface area contributed by atoms with Crippen LogP contribution in [0, 0.1) is 0 Å². The van der Waals surface area contributed by atoms with E-state index in [1.54, 1.807) is 0 Å². The molecule has 0 aromatic rings. The van der Waals surface area contributed by atoms with E-state index in [4.69, 9.17) is 14.2 Å². The zero-order valence-electron chi connectivity index (χ0n) is 42.6. The second-order valence-corrected chi connectivity index (χ2v) is 18.6. The molecule has 64 heavy (non-hydrogen) atoms. The lowest BCUT2D eigenvalue weighted by molar-refractivity contribution is -0.167. The monoisotopic (exact) mass is 897 g/mol. The summed E-state index contributed by atoms with van der Waals surface area (Å²) < 4.78 is 16.8. The van der Waals surface area contributed by atoms with Crippen LogP contribution < -0.4 is 0 Å². The molecule has 0 rings (SSSR count). The highest BCUT2D eigenvalue weighted by molar-refractivity contribution is 5.71. The van der Waals surface area contributed by atoms with Crippen molar-refractivity contribution < 1.29 is 28.6 Å². The van der Waals surface area contributed by atoms with Crippen molar-refractivity contribution in [1.29, 1.82) is 0 Å². The van der Waals surface area contributed by atoms with Gasteiger partial charge in [0.2, 0.25) is 0 Å². The fraction of sp³-hybridized carbons (Fsp3) is 0.810. The van der Waals surface area contributed by atoms with Gasteiger partial charge in [-0.15, -0.1) is 0 Å². The molecule has 0 bridgehead atoms. The van der Waals surface area contributed by atoms with Gasteiger partial charge in [-0.2, -0.15) is 0 Å². The van der Waals surface area contributed by atoms with Crippen LogP contribution in [0.25, 0.3) is 0 Å². The molecule has 0 saturated heterocycles. The summed E-state index contributed by atoms with van der Waals surface area (Å²) in [5.41, 5.74) is 0. The highest BCUT2D eigenvalue weighted by Crippen LogP contribution is 2.16. The summed E-state index contributed by atoms with van der Waals surface area (Å²) in [6.07, 6.45) is 63.8. The lowest BCUT2D eigenvalue weighted by Gasteiger charge is -2.18. The predicted octanol–water partition coefficient (Wildman–Crippen LogP) is 18.3. The van der Waals surface area contributed by atoms with Crippen molar-refractivity contribution in [2.24, 2.45) is 0 Å². The average Bonchev–Trinajstić information content (AvgIpc) is 3.29. The number of ether oxygens (including phenoxy) is 3. The van der Waals surface area contributed by atoms with Crippen LogP contribution in [0.15, 0.2) is 48.6 Å². The molecule has 0 aromatic carbocycles. The summed E-state index contributed by atoms with van der Waals surface area (Å²) in [5, 5.41) is 0. The van der Waals surface area contributed by atoms with E-state index in [-0.39, 0.29) is 31.1 Å². The van der Waals surface area contributed by atoms with Crippen molar-refractivity contribution in [2.45, 2.75) is 290 Å². The first-order chi connectivity index (χ1) is 31.5. The summed E-state index contributed by atoms with van der Waals surface area (Å²) in [5.74, 6) is -0.901. The van der Waals surface area contributed by atoms with Gasteiger partial charge in [-0.25, -0.2) is 0 Å². The Hall–Kier alpha value is -2.63. The van der Waals surface area contributed by atoms with Gasteiger partial charge in [0.1, 0.15) is 13.2 Å². The van der Waals surface area contributed by atoms with Gasteiger partial charge in [-0.05, 0) is 64.2 Å². The molecule has 1 atom stereocenters. The van der Waals surface area contributed by atoms with Crippen LogP contribution in [0.4, 0.5) is 0 Å². The number of hydrogen-bond acceptors (Lipinski definition) is 6. The first kappa shape index (κ1) is 61.4. The van der Waals surface area contributed by atoms with Crippen LogP contribution in [0.1, 0.15) is 284 Å². The molecular formula is C58H104O6. The molecule has 0 spiro atoms. The molecule has 0 radical (unpaired) electrons. The molecule has 0 aromatic heterocycles. The second-order valence-electron chi connectivity index (χ2n) is 18.6. The fourth-order valence-electron chi connectivity index (χ4n) is 7.88. The van der Waals surface area contributed by atoms with Crippen LogP contribution in [0.3, 0.4) is 0 Å². The summed E-state index contributed by atoms with van der Waals surface area (Å²) in [6, 6.07) is 0. The van der Waals surface area contributed by atoms with Crippen LogP contribution >= 0.6 is 0 Å². The Bertz CT molecular complexity index is 1120. The van der Waals surface area contributed by atoms with Crippen LogP contribution in [-0.4, -0.2) is 37.2 Å². The van der Waals surface area contributed by atoms with E-state index in [0.717, 1.165) is 70.6 Å². The average molecular weight is 897 g/mol. The maximum Gasteiger partial charge on any atom is 0.306 e. The molecular weight excluding hydrogens is 793 g/mol. The van der Waals surface area contributed by atoms with E-state index in [2.05, 4.69) is 69.4 Å². The number of unbranched alkanes of at least 4 members (excludes halogenated alkanes) is 33. The van der Waals surface area contributed by atoms with Crippen molar-refractivity contribution in [1.82, 2.24) is 0 Å². The van der Waals surface area contributed by atoms with Gasteiger partial charge in [0.15, 0.2) is 6.10 Å². The van der Waals surface area contributed by atoms with Gasteiger partial charge >= 0.3 is 17.9 Å². The number of carbonyl (C=O) groups is 3. The van der Waals surface area contributed by atoms with E-state index in [1.807, 2.05) is 0 Å². The van der Waals surface area contributed by atoms with Crippen LogP contribution in [0.2, 0.25) is 0 Å². The predicted molar refractivity (Wildman–Crippen MR) is 275 cm³/mol. The van der Waals surface area contributed by atoms with E-state index in [1.165, 1.54) is 173 Å². The SMILES string of the molecule is CCCC/C=C\C=C/CCCCCC(=O)OCC(COC(=O)CCCCCCCCCCCC/C=C\C=C/CCCCC)OC(=O)CCCCCCCCCCCCCCCCCC. The van der Waals surface area contributed by atoms with Gasteiger partial charge in [0.05, 0.1) is 0 Å². The third kappa shape index (κ3) is 50.4. The number of rotatable bonds is 50. The lowest BCUT2D eigenvalue weighted by Crippen LogP contribution is -2.30. The summed E-state index contributed by atoms with van der Waals surface area (Å²) in [7, 11) is 0. The highest BCUT2D eigenvalue weighted by Gasteiger charge is 2.19. The van der Waals surface area contributed by atoms with Gasteiger partial charge < -0.3 is 14.2 Å². The third-order valence-electron chi connectivity index (χ3n) is 12.1. The molecule has 0 fully saturated rings. The minimum absolute atomic E-state index is 0.0809. The molecule has 0 N–H and O–H groups in total. The smallest absolute Gasteiger partial charge is 0.306 e. The maximum atomic E-state index is 12.8. The van der Waals surface area contributed by atoms with Crippen LogP contribution in [0.5, 0.6) is 0 Å². The van der Waals surface area contributed by atoms with Crippen molar-refractivity contribution in [3.8, 4) is 0 Å². The largest absolute Gasteiger partial charge is 0.462 e. The Morgan fingerprint density at radius 3 is 0.922 bits per heavy atom. The van der Waals surface area contributed by atoms with E-state index < -0.39 is 6.10 Å². The first-order valence-electron chi connectivity index (χ1n) is 27.7. The van der Waals surface area contributed by atoms with Gasteiger partial charge in [0.25, 0.3) is 0 Å². The Labute approximate surface area is 397 Å². The van der Waals surface area contributed by atoms with E-state index >= 15 is 0 Å². The molecule has 0 aliphatic rings. The number of allylic oxidation sites excluding steroid dienone is 8. The maximum absolute atomic E-state index is 12.8. The van der Waals surface area contributed by atoms with Crippen molar-refractivity contribution in [2.75, 3.05) is 13.2 Å². The molecule has 0 amide bonds. The minimum Gasteiger partial charge on any atom is -0.462 e. The lowest BCUT2D eigenvalue weighted by atomic mass is 10.0. The molecule has 0 heterocycles. The quantitative estimate of drug-likeness (QED) is 0.0262. The van der Waals surface area contributed by atoms with Crippen molar-refractivity contribution in [3.05, 3.63) is 48.6 Å². The second kappa shape index (κ2) is 53.0. The first-order valence-corrected chi connectivity index (χ1v) is 27.7. The van der Waals surface area contributed by atoms with Crippen molar-refractivity contribution >= 4 is 17.9 Å². The molecule has 6 heteroatoms. The normalized spacial score (nSPS) is 12.4. The molecule has 0 aliphatic carbocycles. The third-order valence-corrected chi connectivity index (χ3v) is 12.1. The van der Waals surface area contributed by atoms with E-state index in [0.29, 0.717) is 19.3 Å². The van der Waals surface area contributed by atoms with Gasteiger partial charge in [-0.1, -0.05) is 249 Å². The molecule has 0 aliphatic heterocycles. The Morgan fingerprint density at radius 2 is 0.562 bits per heavy atom. The minimum atomic E-state index is -0.782. The van der Waals surface area contributed by atoms with Crippen LogP contribution in [-0.2, 0) is 28.6 Å². The van der Waals surface area contributed by atoms with Crippen molar-refractivity contribution in [3.63, 3.8) is 0 Å². The molecule has 372 valence electrons. The number of esters is 3. The molecule has 6 nitrogen and oxygen atoms in total. The van der Waals surface area contributed by atoms with E-state index in [9.17, 15) is 14.4 Å². The Kier molecular flexibility index (Phi) is 50.8. The summed E-state index contributed by atoms with van der Waals surface area (Å²) in [6.45, 7) is 6.56. The van der Waals surface area contributed by atoms with Gasteiger partial charge in [0, 0.05) is 19.3 Å². The summed E-state index contributed by atoms with van der Waals surface area (Å²) >= 11 is 0. The fourth-order valence-corrected chi connectivity index (χ4v) is 7.88.